The summed E-state index contributed by atoms with van der Waals surface area (Å²) in [7, 11) is 0. The Morgan fingerprint density at radius 2 is 1.50 bits per heavy atom. The minimum atomic E-state index is -0.175. The standard InChI is InChI=1S/C23H28N4O3/c28-21(11-14-24-23(30)18-7-3-1-4-8-18)25-20-12-15-27(16-13-20)17-22(29)26-19-9-5-2-6-10-19/h1-10,20H,11-17H2,(H,24,30)(H,25,28)(H,26,29). The minimum Gasteiger partial charge on any atom is -0.353 e. The lowest BCUT2D eigenvalue weighted by Crippen LogP contribution is -2.47. The molecule has 3 rings (SSSR count). The van der Waals surface area contributed by atoms with E-state index in [1.807, 2.05) is 36.4 Å². The van der Waals surface area contributed by atoms with Crippen LogP contribution in [0.1, 0.15) is 29.6 Å². The summed E-state index contributed by atoms with van der Waals surface area (Å²) in [5.74, 6) is -0.271. The van der Waals surface area contributed by atoms with Crippen molar-refractivity contribution in [2.45, 2.75) is 25.3 Å². The van der Waals surface area contributed by atoms with Gasteiger partial charge in [-0.25, -0.2) is 0 Å². The largest absolute Gasteiger partial charge is 0.353 e. The van der Waals surface area contributed by atoms with Crippen LogP contribution in [0.25, 0.3) is 0 Å². The molecule has 158 valence electrons. The van der Waals surface area contributed by atoms with E-state index in [9.17, 15) is 14.4 Å². The number of amides is 3. The highest BCUT2D eigenvalue weighted by atomic mass is 16.2. The van der Waals surface area contributed by atoms with Crippen LogP contribution in [0.2, 0.25) is 0 Å². The maximum absolute atomic E-state index is 12.2. The second-order valence-corrected chi connectivity index (χ2v) is 7.40. The predicted molar refractivity (Wildman–Crippen MR) is 116 cm³/mol. The fraction of sp³-hybridized carbons (Fsp3) is 0.348. The number of carbonyl (C=O) groups is 3. The number of hydrogen-bond acceptors (Lipinski definition) is 4. The van der Waals surface area contributed by atoms with E-state index in [2.05, 4.69) is 20.9 Å². The third-order valence-corrected chi connectivity index (χ3v) is 5.05. The molecule has 30 heavy (non-hydrogen) atoms. The SMILES string of the molecule is O=C(CN1CCC(NC(=O)CCNC(=O)c2ccccc2)CC1)Nc1ccccc1. The zero-order valence-corrected chi connectivity index (χ0v) is 17.0. The number of rotatable bonds is 8. The van der Waals surface area contributed by atoms with E-state index in [-0.39, 0.29) is 30.2 Å². The van der Waals surface area contributed by atoms with Gasteiger partial charge in [0.2, 0.25) is 11.8 Å². The zero-order valence-electron chi connectivity index (χ0n) is 17.0. The molecule has 0 aliphatic carbocycles. The molecule has 1 fully saturated rings. The van der Waals surface area contributed by atoms with Crippen molar-refractivity contribution in [3.8, 4) is 0 Å². The van der Waals surface area contributed by atoms with Crippen LogP contribution >= 0.6 is 0 Å². The number of nitrogens with one attached hydrogen (secondary N) is 3. The number of piperidine rings is 1. The summed E-state index contributed by atoms with van der Waals surface area (Å²) in [5.41, 5.74) is 1.38. The van der Waals surface area contributed by atoms with E-state index >= 15 is 0 Å². The quantitative estimate of drug-likeness (QED) is 0.623. The summed E-state index contributed by atoms with van der Waals surface area (Å²) < 4.78 is 0. The molecule has 0 radical (unpaired) electrons. The number of benzene rings is 2. The van der Waals surface area contributed by atoms with E-state index in [0.29, 0.717) is 18.7 Å². The first-order valence-electron chi connectivity index (χ1n) is 10.3. The lowest BCUT2D eigenvalue weighted by atomic mass is 10.0. The second kappa shape index (κ2) is 11.1. The van der Waals surface area contributed by atoms with Gasteiger partial charge in [0.25, 0.3) is 5.91 Å². The summed E-state index contributed by atoms with van der Waals surface area (Å²) in [6.45, 7) is 2.18. The van der Waals surface area contributed by atoms with Crippen LogP contribution < -0.4 is 16.0 Å². The molecule has 1 aliphatic rings. The molecule has 0 unspecified atom stereocenters. The molecule has 1 heterocycles. The molecule has 0 saturated carbocycles. The molecule has 7 nitrogen and oxygen atoms in total. The van der Waals surface area contributed by atoms with Gasteiger partial charge in [0.05, 0.1) is 6.54 Å². The highest BCUT2D eigenvalue weighted by Crippen LogP contribution is 2.11. The predicted octanol–water partition coefficient (Wildman–Crippen LogP) is 2.03. The maximum atomic E-state index is 12.2. The van der Waals surface area contributed by atoms with Gasteiger partial charge in [-0.1, -0.05) is 36.4 Å². The van der Waals surface area contributed by atoms with Gasteiger partial charge in [0, 0.05) is 43.3 Å². The lowest BCUT2D eigenvalue weighted by Gasteiger charge is -2.31. The molecule has 2 aromatic carbocycles. The summed E-state index contributed by atoms with van der Waals surface area (Å²) >= 11 is 0. The van der Waals surface area contributed by atoms with Crippen molar-refractivity contribution in [1.29, 1.82) is 0 Å². The Morgan fingerprint density at radius 1 is 0.867 bits per heavy atom. The fourth-order valence-corrected chi connectivity index (χ4v) is 3.44. The maximum Gasteiger partial charge on any atom is 0.251 e. The molecule has 0 aromatic heterocycles. The first kappa shape index (κ1) is 21.5. The fourth-order valence-electron chi connectivity index (χ4n) is 3.44. The molecule has 1 saturated heterocycles. The Labute approximate surface area is 176 Å². The third kappa shape index (κ3) is 7.00. The van der Waals surface area contributed by atoms with Crippen molar-refractivity contribution in [2.24, 2.45) is 0 Å². The number of hydrogen-bond donors (Lipinski definition) is 3. The van der Waals surface area contributed by atoms with Crippen molar-refractivity contribution in [2.75, 3.05) is 31.5 Å². The number of para-hydroxylation sites is 1. The summed E-state index contributed by atoms with van der Waals surface area (Å²) in [5, 5.41) is 8.68. The van der Waals surface area contributed by atoms with Crippen LogP contribution in [-0.4, -0.2) is 54.8 Å². The van der Waals surface area contributed by atoms with E-state index < -0.39 is 0 Å². The van der Waals surface area contributed by atoms with Crippen molar-refractivity contribution < 1.29 is 14.4 Å². The van der Waals surface area contributed by atoms with Gasteiger partial charge >= 0.3 is 0 Å². The van der Waals surface area contributed by atoms with Gasteiger partial charge in [-0.2, -0.15) is 0 Å². The Kier molecular flexibility index (Phi) is 7.97. The van der Waals surface area contributed by atoms with Crippen LogP contribution in [0.5, 0.6) is 0 Å². The summed E-state index contributed by atoms with van der Waals surface area (Å²) in [6.07, 6.45) is 1.86. The smallest absolute Gasteiger partial charge is 0.251 e. The van der Waals surface area contributed by atoms with E-state index in [1.54, 1.807) is 24.3 Å². The molecule has 3 N–H and O–H groups in total. The highest BCUT2D eigenvalue weighted by Gasteiger charge is 2.22. The Balaban J connectivity index is 1.30. The first-order chi connectivity index (χ1) is 14.6. The minimum absolute atomic E-state index is 0.0298. The number of carbonyl (C=O) groups excluding carboxylic acids is 3. The van der Waals surface area contributed by atoms with E-state index in [4.69, 9.17) is 0 Å². The highest BCUT2D eigenvalue weighted by molar-refractivity contribution is 5.94. The summed E-state index contributed by atoms with van der Waals surface area (Å²) in [6, 6.07) is 18.5. The van der Waals surface area contributed by atoms with Crippen LogP contribution in [0, 0.1) is 0 Å². The molecule has 7 heteroatoms. The molecule has 0 bridgehead atoms. The molecule has 0 spiro atoms. The van der Waals surface area contributed by atoms with Crippen molar-refractivity contribution >= 4 is 23.4 Å². The monoisotopic (exact) mass is 408 g/mol. The van der Waals surface area contributed by atoms with Crippen LogP contribution in [-0.2, 0) is 9.59 Å². The number of nitrogens with zero attached hydrogens (tertiary/aromatic N) is 1. The summed E-state index contributed by atoms with van der Waals surface area (Å²) in [4.78, 5) is 38.4. The molecular formula is C23H28N4O3. The van der Waals surface area contributed by atoms with E-state index in [1.165, 1.54) is 0 Å². The van der Waals surface area contributed by atoms with Gasteiger partial charge in [-0.05, 0) is 37.1 Å². The van der Waals surface area contributed by atoms with Crippen molar-refractivity contribution in [1.82, 2.24) is 15.5 Å². The van der Waals surface area contributed by atoms with Gasteiger partial charge in [0.1, 0.15) is 0 Å². The lowest BCUT2D eigenvalue weighted by molar-refractivity contribution is -0.122. The van der Waals surface area contributed by atoms with Crippen LogP contribution in [0.3, 0.4) is 0 Å². The third-order valence-electron chi connectivity index (χ3n) is 5.05. The van der Waals surface area contributed by atoms with Gasteiger partial charge < -0.3 is 16.0 Å². The van der Waals surface area contributed by atoms with Crippen molar-refractivity contribution in [3.05, 3.63) is 66.2 Å². The second-order valence-electron chi connectivity index (χ2n) is 7.40. The number of anilines is 1. The number of likely N-dealkylation sites (tertiary alicyclic amines) is 1. The van der Waals surface area contributed by atoms with Crippen LogP contribution in [0.15, 0.2) is 60.7 Å². The molecule has 0 atom stereocenters. The topological polar surface area (TPSA) is 90.5 Å². The molecule has 3 amide bonds. The van der Waals surface area contributed by atoms with E-state index in [0.717, 1.165) is 31.6 Å². The van der Waals surface area contributed by atoms with Gasteiger partial charge in [0.15, 0.2) is 0 Å². The molecule has 1 aliphatic heterocycles. The van der Waals surface area contributed by atoms with Crippen LogP contribution in [0.4, 0.5) is 5.69 Å². The molecule has 2 aromatic rings. The Bertz CT molecular complexity index is 834. The zero-order chi connectivity index (χ0) is 21.2. The molecular weight excluding hydrogens is 380 g/mol. The Morgan fingerprint density at radius 3 is 2.17 bits per heavy atom. The average Bonchev–Trinajstić information content (AvgIpc) is 2.76. The average molecular weight is 409 g/mol. The Hall–Kier alpha value is -3.19. The normalized spacial score (nSPS) is 14.7. The van der Waals surface area contributed by atoms with Crippen molar-refractivity contribution in [3.63, 3.8) is 0 Å². The van der Waals surface area contributed by atoms with Gasteiger partial charge in [-0.15, -0.1) is 0 Å². The first-order valence-corrected chi connectivity index (χ1v) is 10.3. The van der Waals surface area contributed by atoms with Gasteiger partial charge in [-0.3, -0.25) is 19.3 Å².